The average Bonchev–Trinajstić information content (AvgIpc) is 3.22. The summed E-state index contributed by atoms with van der Waals surface area (Å²) < 4.78 is 0. The van der Waals surface area contributed by atoms with E-state index in [1.54, 1.807) is 24.3 Å². The normalized spacial score (nSPS) is 34.0. The monoisotopic (exact) mass is 400 g/mol. The summed E-state index contributed by atoms with van der Waals surface area (Å²) >= 11 is 0. The van der Waals surface area contributed by atoms with E-state index in [1.165, 1.54) is 34.6 Å². The maximum Gasteiger partial charge on any atom is 0.238 e. The van der Waals surface area contributed by atoms with Crippen molar-refractivity contribution in [2.75, 3.05) is 9.80 Å². The average molecular weight is 400 g/mol. The smallest absolute Gasteiger partial charge is 0.238 e. The minimum atomic E-state index is -0.629. The van der Waals surface area contributed by atoms with Gasteiger partial charge in [-0.05, 0) is 24.3 Å². The van der Waals surface area contributed by atoms with Gasteiger partial charge in [0, 0.05) is 36.6 Å². The van der Waals surface area contributed by atoms with Crippen LogP contribution in [0.3, 0.4) is 0 Å². The summed E-state index contributed by atoms with van der Waals surface area (Å²) in [4.78, 5) is 63.5. The Morgan fingerprint density at radius 1 is 0.533 bits per heavy atom. The Morgan fingerprint density at radius 2 is 0.833 bits per heavy atom. The lowest BCUT2D eigenvalue weighted by Crippen LogP contribution is -2.50. The van der Waals surface area contributed by atoms with Gasteiger partial charge >= 0.3 is 0 Å². The number of nitrogens with zero attached hydrogens (tertiary/aromatic N) is 4. The van der Waals surface area contributed by atoms with E-state index in [1.807, 2.05) is 12.2 Å². The van der Waals surface area contributed by atoms with E-state index in [9.17, 15) is 19.2 Å². The third kappa shape index (κ3) is 2.00. The molecule has 5 aliphatic rings. The van der Waals surface area contributed by atoms with E-state index in [0.717, 1.165) is 0 Å². The molecule has 2 aliphatic heterocycles. The summed E-state index contributed by atoms with van der Waals surface area (Å²) in [6.07, 6.45) is 9.82. The van der Waals surface area contributed by atoms with Gasteiger partial charge in [-0.3, -0.25) is 29.1 Å². The van der Waals surface area contributed by atoms with Crippen molar-refractivity contribution in [3.05, 3.63) is 61.2 Å². The highest BCUT2D eigenvalue weighted by molar-refractivity contribution is 6.26. The predicted octanol–water partition coefficient (Wildman–Crippen LogP) is 1.20. The SMILES string of the molecule is O=C1C2C3C=CC(C2C(=O)N1c1ccncc1)C1C(=O)N(c2ccncc2)C(=O)C31. The molecule has 0 N–H and O–H groups in total. The van der Waals surface area contributed by atoms with Crippen molar-refractivity contribution in [3.8, 4) is 0 Å². The van der Waals surface area contributed by atoms with Crippen molar-refractivity contribution in [1.82, 2.24) is 9.97 Å². The molecule has 0 spiro atoms. The van der Waals surface area contributed by atoms with Gasteiger partial charge in [-0.15, -0.1) is 0 Å². The Morgan fingerprint density at radius 3 is 1.13 bits per heavy atom. The van der Waals surface area contributed by atoms with Crippen LogP contribution < -0.4 is 9.80 Å². The van der Waals surface area contributed by atoms with E-state index >= 15 is 0 Å². The van der Waals surface area contributed by atoms with Gasteiger partial charge in [0.2, 0.25) is 23.6 Å². The number of pyridine rings is 2. The van der Waals surface area contributed by atoms with E-state index in [-0.39, 0.29) is 23.6 Å². The third-order valence-electron chi connectivity index (χ3n) is 6.85. The van der Waals surface area contributed by atoms with Crippen molar-refractivity contribution in [2.45, 2.75) is 0 Å². The molecule has 2 aromatic heterocycles. The van der Waals surface area contributed by atoms with E-state index in [2.05, 4.69) is 9.97 Å². The second-order valence-electron chi connectivity index (χ2n) is 8.08. The van der Waals surface area contributed by atoms with Gasteiger partial charge in [0.25, 0.3) is 0 Å². The minimum Gasteiger partial charge on any atom is -0.274 e. The molecule has 3 fully saturated rings. The highest BCUT2D eigenvalue weighted by Gasteiger charge is 2.68. The highest BCUT2D eigenvalue weighted by Crippen LogP contribution is 2.58. The second-order valence-corrected chi connectivity index (χ2v) is 8.08. The first-order valence-electron chi connectivity index (χ1n) is 9.83. The van der Waals surface area contributed by atoms with Gasteiger partial charge in [0.05, 0.1) is 35.0 Å². The molecule has 8 heteroatoms. The van der Waals surface area contributed by atoms with Crippen molar-refractivity contribution >= 4 is 35.0 Å². The van der Waals surface area contributed by atoms with Gasteiger partial charge in [-0.2, -0.15) is 0 Å². The number of rotatable bonds is 2. The summed E-state index contributed by atoms with van der Waals surface area (Å²) in [5.74, 6) is -4.70. The Hall–Kier alpha value is -3.68. The number of anilines is 2. The zero-order valence-electron chi connectivity index (χ0n) is 15.7. The first kappa shape index (κ1) is 17.2. The van der Waals surface area contributed by atoms with E-state index in [0.29, 0.717) is 11.4 Å². The van der Waals surface area contributed by atoms with Crippen LogP contribution in [0.2, 0.25) is 0 Å². The summed E-state index contributed by atoms with van der Waals surface area (Å²) in [6.45, 7) is 0. The summed E-state index contributed by atoms with van der Waals surface area (Å²) in [7, 11) is 0. The van der Waals surface area contributed by atoms with Crippen molar-refractivity contribution in [1.29, 1.82) is 0 Å². The van der Waals surface area contributed by atoms with E-state index in [4.69, 9.17) is 0 Å². The number of carbonyl (C=O) groups is 4. The molecule has 0 aromatic carbocycles. The van der Waals surface area contributed by atoms with Gasteiger partial charge in [0.1, 0.15) is 0 Å². The van der Waals surface area contributed by atoms with Gasteiger partial charge in [-0.1, -0.05) is 12.2 Å². The first-order valence-corrected chi connectivity index (χ1v) is 9.83. The summed E-state index contributed by atoms with van der Waals surface area (Å²) in [5, 5.41) is 0. The molecular weight excluding hydrogens is 384 g/mol. The molecule has 7 rings (SSSR count). The molecule has 8 nitrogen and oxygen atoms in total. The molecule has 2 bridgehead atoms. The molecule has 2 aromatic rings. The number of imide groups is 2. The van der Waals surface area contributed by atoms with Crippen LogP contribution in [0, 0.1) is 35.5 Å². The molecule has 2 saturated heterocycles. The van der Waals surface area contributed by atoms with Crippen molar-refractivity contribution in [2.24, 2.45) is 35.5 Å². The lowest BCUT2D eigenvalue weighted by molar-refractivity contribution is -0.137. The number of carbonyl (C=O) groups excluding carboxylic acids is 4. The second kappa shape index (κ2) is 5.91. The van der Waals surface area contributed by atoms with Crippen LogP contribution in [0.15, 0.2) is 61.2 Å². The topological polar surface area (TPSA) is 101 Å². The number of allylic oxidation sites excluding steroid dienone is 2. The summed E-state index contributed by atoms with van der Waals surface area (Å²) in [6, 6.07) is 6.46. The number of amides is 4. The Bertz CT molecular complexity index is 999. The first-order chi connectivity index (χ1) is 14.6. The Kier molecular flexibility index (Phi) is 3.39. The number of hydrogen-bond acceptors (Lipinski definition) is 6. The zero-order chi connectivity index (χ0) is 20.6. The van der Waals surface area contributed by atoms with Crippen LogP contribution in [0.5, 0.6) is 0 Å². The zero-order valence-corrected chi connectivity index (χ0v) is 15.7. The third-order valence-corrected chi connectivity index (χ3v) is 6.85. The van der Waals surface area contributed by atoms with Crippen molar-refractivity contribution in [3.63, 3.8) is 0 Å². The fraction of sp³-hybridized carbons (Fsp3) is 0.273. The highest BCUT2D eigenvalue weighted by atomic mass is 16.2. The molecule has 4 atom stereocenters. The number of aromatic nitrogens is 2. The minimum absolute atomic E-state index is 0.309. The standard InChI is InChI=1S/C22H16N4O4/c27-19-15-13-1-2-14(17(15)21(29)25(19)11-3-7-23-8-4-11)18-16(13)20(28)26(22(18)30)12-5-9-24-10-6-12/h1-10,13-18H. The molecule has 4 amide bonds. The van der Waals surface area contributed by atoms with Crippen molar-refractivity contribution < 1.29 is 19.2 Å². The van der Waals surface area contributed by atoms with Gasteiger partial charge in [0.15, 0.2) is 0 Å². The predicted molar refractivity (Wildman–Crippen MR) is 104 cm³/mol. The number of hydrogen-bond donors (Lipinski definition) is 0. The molecule has 30 heavy (non-hydrogen) atoms. The van der Waals surface area contributed by atoms with Crippen LogP contribution in [0.25, 0.3) is 0 Å². The van der Waals surface area contributed by atoms with E-state index < -0.39 is 35.5 Å². The fourth-order valence-electron chi connectivity index (χ4n) is 5.72. The molecule has 3 aliphatic carbocycles. The quantitative estimate of drug-likeness (QED) is 0.555. The van der Waals surface area contributed by atoms with Crippen LogP contribution in [0.1, 0.15) is 0 Å². The van der Waals surface area contributed by atoms with Crippen LogP contribution in [0.4, 0.5) is 11.4 Å². The van der Waals surface area contributed by atoms with Crippen LogP contribution >= 0.6 is 0 Å². The Balaban J connectivity index is 1.42. The van der Waals surface area contributed by atoms with Gasteiger partial charge < -0.3 is 0 Å². The maximum atomic E-state index is 13.3. The molecule has 4 unspecified atom stereocenters. The largest absolute Gasteiger partial charge is 0.274 e. The molecule has 0 radical (unpaired) electrons. The maximum absolute atomic E-state index is 13.3. The Labute approximate surface area is 171 Å². The van der Waals surface area contributed by atoms with Crippen LogP contribution in [-0.2, 0) is 19.2 Å². The lowest BCUT2D eigenvalue weighted by atomic mass is 9.54. The summed E-state index contributed by atoms with van der Waals surface area (Å²) in [5.41, 5.74) is 0.935. The lowest BCUT2D eigenvalue weighted by Gasteiger charge is -2.44. The molecule has 1 saturated carbocycles. The molecule has 4 heterocycles. The van der Waals surface area contributed by atoms with Crippen LogP contribution in [-0.4, -0.2) is 33.6 Å². The molecular formula is C22H16N4O4. The fourth-order valence-corrected chi connectivity index (χ4v) is 5.72. The van der Waals surface area contributed by atoms with Gasteiger partial charge in [-0.25, -0.2) is 9.80 Å². The molecule has 148 valence electrons.